The number of hydrogen-bond acceptors (Lipinski definition) is 0. The second-order valence-electron chi connectivity index (χ2n) is 1.37. The Labute approximate surface area is 50.8 Å². The summed E-state index contributed by atoms with van der Waals surface area (Å²) in [5.74, 6) is 0.773. The van der Waals surface area contributed by atoms with Crippen molar-refractivity contribution in [3.05, 3.63) is 19.1 Å². The Kier molecular flexibility index (Phi) is 2.64. The SMILES string of the molecule is C=CC1[CH-]C1.[Li+]. The van der Waals surface area contributed by atoms with Crippen LogP contribution in [0.3, 0.4) is 0 Å². The van der Waals surface area contributed by atoms with Crippen LogP contribution in [0.4, 0.5) is 0 Å². The molecule has 0 nitrogen and oxygen atoms in total. The Hall–Kier alpha value is 0.337. The summed E-state index contributed by atoms with van der Waals surface area (Å²) in [6.07, 6.45) is 5.47. The van der Waals surface area contributed by atoms with Crippen molar-refractivity contribution in [2.75, 3.05) is 0 Å². The van der Waals surface area contributed by atoms with Crippen molar-refractivity contribution in [1.29, 1.82) is 0 Å². The van der Waals surface area contributed by atoms with Crippen LogP contribution in [0.15, 0.2) is 12.7 Å². The summed E-state index contributed by atoms with van der Waals surface area (Å²) < 4.78 is 0. The van der Waals surface area contributed by atoms with Crippen molar-refractivity contribution < 1.29 is 18.9 Å². The van der Waals surface area contributed by atoms with Crippen molar-refractivity contribution in [3.8, 4) is 0 Å². The van der Waals surface area contributed by atoms with E-state index in [1.54, 1.807) is 0 Å². The molecule has 0 amide bonds. The van der Waals surface area contributed by atoms with E-state index in [1.165, 1.54) is 6.42 Å². The van der Waals surface area contributed by atoms with Crippen LogP contribution in [0.5, 0.6) is 0 Å². The first-order chi connectivity index (χ1) is 2.43. The summed E-state index contributed by atoms with van der Waals surface area (Å²) in [6, 6.07) is 0. The van der Waals surface area contributed by atoms with E-state index in [0.29, 0.717) is 0 Å². The van der Waals surface area contributed by atoms with Crippen LogP contribution in [0, 0.1) is 12.3 Å². The van der Waals surface area contributed by atoms with E-state index >= 15 is 0 Å². The van der Waals surface area contributed by atoms with Crippen molar-refractivity contribution >= 4 is 0 Å². The minimum Gasteiger partial charge on any atom is -0.326 e. The minimum absolute atomic E-state index is 0. The van der Waals surface area contributed by atoms with Gasteiger partial charge in [0, 0.05) is 0 Å². The second kappa shape index (κ2) is 2.50. The molecule has 1 saturated carbocycles. The molecule has 0 saturated heterocycles. The Balaban J connectivity index is 0.000000250. The zero-order valence-corrected chi connectivity index (χ0v) is 4.15. The number of allylic oxidation sites excluding steroid dienone is 1. The normalized spacial score (nSPS) is 27.7. The fourth-order valence-electron chi connectivity index (χ4n) is 0.271. The summed E-state index contributed by atoms with van der Waals surface area (Å²) in [7, 11) is 0. The maximum absolute atomic E-state index is 3.59. The molecule has 1 heteroatoms. The molecule has 6 heavy (non-hydrogen) atoms. The molecule has 0 aromatic rings. The third-order valence-electron chi connectivity index (χ3n) is 0.811. The number of hydrogen-bond donors (Lipinski definition) is 0. The van der Waals surface area contributed by atoms with Gasteiger partial charge in [0.15, 0.2) is 0 Å². The van der Waals surface area contributed by atoms with E-state index in [0.717, 1.165) is 5.92 Å². The Morgan fingerprint density at radius 2 is 2.33 bits per heavy atom. The van der Waals surface area contributed by atoms with E-state index in [9.17, 15) is 0 Å². The monoisotopic (exact) mass is 74.1 g/mol. The zero-order chi connectivity index (χ0) is 3.70. The van der Waals surface area contributed by atoms with Crippen LogP contribution >= 0.6 is 0 Å². The predicted octanol–water partition coefficient (Wildman–Crippen LogP) is -1.60. The molecule has 1 rings (SSSR count). The largest absolute Gasteiger partial charge is 1.00 e. The molecular weight excluding hydrogens is 67.0 g/mol. The van der Waals surface area contributed by atoms with Crippen LogP contribution in [-0.2, 0) is 0 Å². The summed E-state index contributed by atoms with van der Waals surface area (Å²) in [5.41, 5.74) is 0. The van der Waals surface area contributed by atoms with E-state index < -0.39 is 0 Å². The van der Waals surface area contributed by atoms with Gasteiger partial charge in [-0.1, -0.05) is 0 Å². The molecule has 1 fully saturated rings. The van der Waals surface area contributed by atoms with Gasteiger partial charge in [0.2, 0.25) is 0 Å². The van der Waals surface area contributed by atoms with Gasteiger partial charge in [-0.2, -0.15) is 5.92 Å². The Morgan fingerprint density at radius 3 is 2.33 bits per heavy atom. The van der Waals surface area contributed by atoms with Gasteiger partial charge in [-0.05, 0) is 0 Å². The average molecular weight is 74.1 g/mol. The molecular formula is C5H7Li. The maximum atomic E-state index is 3.59. The van der Waals surface area contributed by atoms with Crippen molar-refractivity contribution in [2.24, 2.45) is 5.92 Å². The predicted molar refractivity (Wildman–Crippen MR) is 22.6 cm³/mol. The molecule has 1 unspecified atom stereocenters. The molecule has 0 spiro atoms. The average Bonchev–Trinajstić information content (AvgIpc) is 2.12. The smallest absolute Gasteiger partial charge is 0.326 e. The minimum atomic E-state index is 0. The first-order valence-electron chi connectivity index (χ1n) is 1.89. The number of rotatable bonds is 1. The maximum Gasteiger partial charge on any atom is 1.00 e. The van der Waals surface area contributed by atoms with E-state index in [1.807, 2.05) is 6.08 Å². The van der Waals surface area contributed by atoms with Gasteiger partial charge in [0.05, 0.1) is 0 Å². The fraction of sp³-hybridized carbons (Fsp3) is 0.400. The van der Waals surface area contributed by atoms with Gasteiger partial charge >= 0.3 is 18.9 Å². The summed E-state index contributed by atoms with van der Waals surface area (Å²) in [6.45, 7) is 3.59. The summed E-state index contributed by atoms with van der Waals surface area (Å²) in [4.78, 5) is 0. The van der Waals surface area contributed by atoms with E-state index in [2.05, 4.69) is 13.0 Å². The van der Waals surface area contributed by atoms with Gasteiger partial charge in [-0.25, -0.2) is 6.42 Å². The quantitative estimate of drug-likeness (QED) is 0.200. The third kappa shape index (κ3) is 1.70. The van der Waals surface area contributed by atoms with Gasteiger partial charge in [-0.3, -0.25) is 0 Å². The second-order valence-corrected chi connectivity index (χ2v) is 1.37. The molecule has 28 valence electrons. The van der Waals surface area contributed by atoms with Crippen LogP contribution in [0.25, 0.3) is 0 Å². The first kappa shape index (κ1) is 6.34. The molecule has 1 atom stereocenters. The van der Waals surface area contributed by atoms with Gasteiger partial charge in [0.25, 0.3) is 0 Å². The van der Waals surface area contributed by atoms with Gasteiger partial charge < -0.3 is 6.42 Å². The van der Waals surface area contributed by atoms with E-state index in [-0.39, 0.29) is 18.9 Å². The summed E-state index contributed by atoms with van der Waals surface area (Å²) >= 11 is 0. The zero-order valence-electron chi connectivity index (χ0n) is 4.15. The van der Waals surface area contributed by atoms with Crippen LogP contribution in [-0.4, -0.2) is 0 Å². The van der Waals surface area contributed by atoms with Crippen molar-refractivity contribution in [1.82, 2.24) is 0 Å². The van der Waals surface area contributed by atoms with E-state index in [4.69, 9.17) is 0 Å². The van der Waals surface area contributed by atoms with Crippen LogP contribution < -0.4 is 18.9 Å². The summed E-state index contributed by atoms with van der Waals surface area (Å²) in [5, 5.41) is 0. The third-order valence-corrected chi connectivity index (χ3v) is 0.811. The fourth-order valence-corrected chi connectivity index (χ4v) is 0.271. The van der Waals surface area contributed by atoms with Crippen LogP contribution in [0.1, 0.15) is 6.42 Å². The molecule has 1 aliphatic carbocycles. The topological polar surface area (TPSA) is 0 Å². The van der Waals surface area contributed by atoms with Crippen molar-refractivity contribution in [2.45, 2.75) is 6.42 Å². The molecule has 0 aromatic carbocycles. The molecule has 0 aromatic heterocycles. The van der Waals surface area contributed by atoms with Gasteiger partial charge in [0.1, 0.15) is 0 Å². The molecule has 0 radical (unpaired) electrons. The Morgan fingerprint density at radius 1 is 1.83 bits per heavy atom. The molecule has 0 aliphatic heterocycles. The molecule has 0 N–H and O–H groups in total. The van der Waals surface area contributed by atoms with Crippen LogP contribution in [0.2, 0.25) is 0 Å². The standard InChI is InChI=1S/C5H7.Li/c1-2-5-3-4-5;/h2-3,5H,1,4H2;/q-1;+1. The Bertz CT molecular complexity index is 45.9. The molecule has 0 heterocycles. The first-order valence-corrected chi connectivity index (χ1v) is 1.89. The van der Waals surface area contributed by atoms with Crippen molar-refractivity contribution in [3.63, 3.8) is 0 Å². The molecule has 1 aliphatic rings. The van der Waals surface area contributed by atoms with Gasteiger partial charge in [-0.15, -0.1) is 12.7 Å². The molecule has 0 bridgehead atoms.